The maximum Gasteiger partial charge on any atom is 0.186 e. The van der Waals surface area contributed by atoms with Crippen LogP contribution in [-0.4, -0.2) is 99.5 Å². The van der Waals surface area contributed by atoms with E-state index in [1.165, 1.54) is 0 Å². The van der Waals surface area contributed by atoms with Crippen molar-refractivity contribution in [2.24, 2.45) is 0 Å². The van der Waals surface area contributed by atoms with Gasteiger partial charge in [-0.2, -0.15) is 0 Å². The van der Waals surface area contributed by atoms with Crippen LogP contribution in [0.5, 0.6) is 0 Å². The molecule has 2 aliphatic heterocycles. The summed E-state index contributed by atoms with van der Waals surface area (Å²) in [7, 11) is 0. The summed E-state index contributed by atoms with van der Waals surface area (Å²) in [6.45, 7) is -0.967. The molecule has 21 heavy (non-hydrogen) atoms. The van der Waals surface area contributed by atoms with E-state index in [1.54, 1.807) is 0 Å². The van der Waals surface area contributed by atoms with Crippen LogP contribution in [0.15, 0.2) is 0 Å². The predicted octanol–water partition coefficient (Wildman–Crippen LogP) is -3.69. The second-order valence-electron chi connectivity index (χ2n) is 5.32. The summed E-state index contributed by atoms with van der Waals surface area (Å²) in [4.78, 5) is 0. The smallest absolute Gasteiger partial charge is 0.186 e. The number of hydrogen-bond donors (Lipinski definition) is 6. The maximum absolute atomic E-state index is 9.93. The zero-order valence-electron chi connectivity index (χ0n) is 11.4. The molecule has 0 aromatic heterocycles. The van der Waals surface area contributed by atoms with Gasteiger partial charge in [0.2, 0.25) is 0 Å². The van der Waals surface area contributed by atoms with Gasteiger partial charge in [0.15, 0.2) is 6.29 Å². The van der Waals surface area contributed by atoms with Crippen LogP contribution in [0, 0.1) is 0 Å². The summed E-state index contributed by atoms with van der Waals surface area (Å²) < 4.78 is 15.8. The first-order chi connectivity index (χ1) is 9.97. The van der Waals surface area contributed by atoms with Gasteiger partial charge in [-0.1, -0.05) is 0 Å². The fourth-order valence-electron chi connectivity index (χ4n) is 2.48. The van der Waals surface area contributed by atoms with E-state index in [1.807, 2.05) is 0 Å². The fraction of sp³-hybridized carbons (Fsp3) is 1.00. The van der Waals surface area contributed by atoms with Gasteiger partial charge >= 0.3 is 0 Å². The van der Waals surface area contributed by atoms with Crippen LogP contribution in [0.3, 0.4) is 0 Å². The third kappa shape index (κ3) is 3.70. The lowest BCUT2D eigenvalue weighted by Gasteiger charge is -2.42. The van der Waals surface area contributed by atoms with Crippen LogP contribution >= 0.6 is 0 Å². The molecule has 0 radical (unpaired) electrons. The van der Waals surface area contributed by atoms with Crippen molar-refractivity contribution in [2.45, 2.75) is 55.4 Å². The molecule has 2 aliphatic rings. The highest BCUT2D eigenvalue weighted by atomic mass is 16.7. The molecule has 0 spiro atoms. The Morgan fingerprint density at radius 3 is 2.29 bits per heavy atom. The average Bonchev–Trinajstić information content (AvgIpc) is 2.48. The van der Waals surface area contributed by atoms with Crippen molar-refractivity contribution in [2.75, 3.05) is 19.8 Å². The standard InChI is InChI=1S/C12H22O9/c13-2-5-1-6(15)10(18)12(20-5)21-11-8(3-14)19-4-7(16)9(11)17/h5-18H,1-4H2/t5?,6-,7?,8?,9+,10?,11-,12-/m0/s1. The van der Waals surface area contributed by atoms with E-state index in [0.29, 0.717) is 0 Å². The van der Waals surface area contributed by atoms with Crippen LogP contribution in [0.1, 0.15) is 6.42 Å². The van der Waals surface area contributed by atoms with Crippen LogP contribution in [0.2, 0.25) is 0 Å². The molecule has 8 atom stereocenters. The van der Waals surface area contributed by atoms with Gasteiger partial charge in [-0.3, -0.25) is 0 Å². The Morgan fingerprint density at radius 1 is 0.952 bits per heavy atom. The molecule has 9 nitrogen and oxygen atoms in total. The average molecular weight is 310 g/mol. The van der Waals surface area contributed by atoms with Gasteiger partial charge in [-0.25, -0.2) is 0 Å². The summed E-state index contributed by atoms with van der Waals surface area (Å²) >= 11 is 0. The predicted molar refractivity (Wildman–Crippen MR) is 66.1 cm³/mol. The van der Waals surface area contributed by atoms with Crippen molar-refractivity contribution < 1.29 is 44.8 Å². The number of rotatable bonds is 4. The highest BCUT2D eigenvalue weighted by Gasteiger charge is 2.45. The first-order valence-electron chi connectivity index (χ1n) is 6.84. The van der Waals surface area contributed by atoms with Crippen molar-refractivity contribution in [3.63, 3.8) is 0 Å². The van der Waals surface area contributed by atoms with Crippen LogP contribution in [0.4, 0.5) is 0 Å². The molecule has 2 fully saturated rings. The van der Waals surface area contributed by atoms with E-state index >= 15 is 0 Å². The van der Waals surface area contributed by atoms with E-state index in [9.17, 15) is 25.5 Å². The topological polar surface area (TPSA) is 149 Å². The lowest BCUT2D eigenvalue weighted by atomic mass is 9.99. The molecule has 2 saturated heterocycles. The Bertz CT molecular complexity index is 326. The molecule has 2 rings (SSSR count). The number of hydrogen-bond acceptors (Lipinski definition) is 9. The van der Waals surface area contributed by atoms with E-state index in [0.717, 1.165) is 0 Å². The monoisotopic (exact) mass is 310 g/mol. The van der Waals surface area contributed by atoms with Gasteiger partial charge in [0.1, 0.15) is 30.5 Å². The molecular weight excluding hydrogens is 288 g/mol. The molecule has 0 amide bonds. The molecule has 4 unspecified atom stereocenters. The van der Waals surface area contributed by atoms with Crippen molar-refractivity contribution >= 4 is 0 Å². The molecular formula is C12H22O9. The van der Waals surface area contributed by atoms with Gasteiger partial charge in [-0.05, 0) is 0 Å². The quantitative estimate of drug-likeness (QED) is 0.308. The molecule has 124 valence electrons. The number of aliphatic hydroxyl groups is 6. The summed E-state index contributed by atoms with van der Waals surface area (Å²) in [6.07, 6.45) is -9.07. The zero-order valence-corrected chi connectivity index (χ0v) is 11.4. The largest absolute Gasteiger partial charge is 0.394 e. The second kappa shape index (κ2) is 7.27. The van der Waals surface area contributed by atoms with Crippen LogP contribution in [-0.2, 0) is 14.2 Å². The fourth-order valence-corrected chi connectivity index (χ4v) is 2.48. The Morgan fingerprint density at radius 2 is 1.67 bits per heavy atom. The van der Waals surface area contributed by atoms with Gasteiger partial charge < -0.3 is 44.8 Å². The van der Waals surface area contributed by atoms with E-state index in [-0.39, 0.29) is 19.6 Å². The molecule has 0 aliphatic carbocycles. The zero-order chi connectivity index (χ0) is 15.6. The van der Waals surface area contributed by atoms with Crippen molar-refractivity contribution in [1.29, 1.82) is 0 Å². The molecule has 6 N–H and O–H groups in total. The molecule has 0 bridgehead atoms. The third-order valence-electron chi connectivity index (χ3n) is 3.76. The van der Waals surface area contributed by atoms with Crippen LogP contribution in [0.25, 0.3) is 0 Å². The first kappa shape index (κ1) is 17.0. The summed E-state index contributed by atoms with van der Waals surface area (Å²) in [5, 5.41) is 57.4. The Hall–Kier alpha value is -0.360. The number of ether oxygens (including phenoxy) is 3. The van der Waals surface area contributed by atoms with E-state index in [2.05, 4.69) is 0 Å². The summed E-state index contributed by atoms with van der Waals surface area (Å²) in [5.74, 6) is 0. The van der Waals surface area contributed by atoms with E-state index < -0.39 is 55.6 Å². The highest BCUT2D eigenvalue weighted by molar-refractivity contribution is 4.90. The van der Waals surface area contributed by atoms with Crippen molar-refractivity contribution in [3.8, 4) is 0 Å². The third-order valence-corrected chi connectivity index (χ3v) is 3.76. The minimum absolute atomic E-state index is 0.0489. The minimum Gasteiger partial charge on any atom is -0.394 e. The Kier molecular flexibility index (Phi) is 5.88. The first-order valence-corrected chi connectivity index (χ1v) is 6.84. The highest BCUT2D eigenvalue weighted by Crippen LogP contribution is 2.26. The minimum atomic E-state index is -1.38. The Balaban J connectivity index is 2.05. The molecule has 0 aromatic rings. The SMILES string of the molecule is OCC1C[C@H](O)C(O)[C@H](O[C@H]2C(CO)OCC(O)[C@H]2O)O1. The van der Waals surface area contributed by atoms with Crippen molar-refractivity contribution in [3.05, 3.63) is 0 Å². The lowest BCUT2D eigenvalue weighted by Crippen LogP contribution is -2.59. The second-order valence-corrected chi connectivity index (χ2v) is 5.32. The van der Waals surface area contributed by atoms with Crippen LogP contribution < -0.4 is 0 Å². The molecule has 2 heterocycles. The summed E-state index contributed by atoms with van der Waals surface area (Å²) in [6, 6.07) is 0. The molecule has 9 heteroatoms. The number of aliphatic hydroxyl groups excluding tert-OH is 6. The maximum atomic E-state index is 9.93. The molecule has 0 saturated carbocycles. The lowest BCUT2D eigenvalue weighted by molar-refractivity contribution is -0.319. The Labute approximate surface area is 121 Å². The molecule has 0 aromatic carbocycles. The van der Waals surface area contributed by atoms with Gasteiger partial charge in [0.05, 0.1) is 32.0 Å². The summed E-state index contributed by atoms with van der Waals surface area (Å²) in [5.41, 5.74) is 0. The van der Waals surface area contributed by atoms with Crippen molar-refractivity contribution in [1.82, 2.24) is 0 Å². The van der Waals surface area contributed by atoms with Gasteiger partial charge in [0, 0.05) is 6.42 Å². The normalized spacial score (nSPS) is 48.3. The van der Waals surface area contributed by atoms with E-state index in [4.69, 9.17) is 19.3 Å². The van der Waals surface area contributed by atoms with Gasteiger partial charge in [-0.15, -0.1) is 0 Å². The van der Waals surface area contributed by atoms with Gasteiger partial charge in [0.25, 0.3) is 0 Å².